The maximum Gasteiger partial charge on any atom is 0.257 e. The van der Waals surface area contributed by atoms with Gasteiger partial charge in [0.25, 0.3) is 5.91 Å². The first-order valence-electron chi connectivity index (χ1n) is 10.5. The molecule has 0 radical (unpaired) electrons. The Hall–Kier alpha value is -3.48. The summed E-state index contributed by atoms with van der Waals surface area (Å²) >= 11 is 0. The lowest BCUT2D eigenvalue weighted by Gasteiger charge is -2.17. The minimum atomic E-state index is -0.315. The molecule has 2 N–H and O–H groups in total. The van der Waals surface area contributed by atoms with Crippen molar-refractivity contribution in [2.75, 3.05) is 25.1 Å². The van der Waals surface area contributed by atoms with Crippen molar-refractivity contribution in [1.29, 1.82) is 0 Å². The van der Waals surface area contributed by atoms with Gasteiger partial charge in [-0.2, -0.15) is 5.10 Å². The Kier molecular flexibility index (Phi) is 7.18. The van der Waals surface area contributed by atoms with Crippen LogP contribution in [0.15, 0.2) is 36.4 Å². The first kappa shape index (κ1) is 22.2. The molecule has 3 rings (SSSR count). The highest BCUT2D eigenvalue weighted by molar-refractivity contribution is 6.06. The summed E-state index contributed by atoms with van der Waals surface area (Å²) in [6.45, 7) is 10.9. The Labute approximate surface area is 182 Å². The van der Waals surface area contributed by atoms with Crippen LogP contribution in [0.25, 0.3) is 11.1 Å². The van der Waals surface area contributed by atoms with Gasteiger partial charge in [-0.1, -0.05) is 29.8 Å². The van der Waals surface area contributed by atoms with E-state index in [1.165, 1.54) is 0 Å². The number of anilines is 1. The lowest BCUT2D eigenvalue weighted by Crippen LogP contribution is -2.14. The van der Waals surface area contributed by atoms with Crippen molar-refractivity contribution >= 4 is 11.7 Å². The smallest absolute Gasteiger partial charge is 0.257 e. The minimum Gasteiger partial charge on any atom is -0.490 e. The van der Waals surface area contributed by atoms with Gasteiger partial charge in [0, 0.05) is 16.8 Å². The van der Waals surface area contributed by atoms with E-state index in [1.807, 2.05) is 58.9 Å². The normalized spacial score (nSPS) is 10.6. The van der Waals surface area contributed by atoms with Gasteiger partial charge in [-0.3, -0.25) is 9.89 Å². The van der Waals surface area contributed by atoms with Crippen molar-refractivity contribution in [2.24, 2.45) is 0 Å². The molecular formula is C24H29N3O4. The highest BCUT2D eigenvalue weighted by Crippen LogP contribution is 2.39. The molecule has 2 aromatic carbocycles. The molecule has 0 bridgehead atoms. The Balaban J connectivity index is 1.96. The average Bonchev–Trinajstić information content (AvgIpc) is 3.11. The molecule has 0 aliphatic carbocycles. The Bertz CT molecular complexity index is 1010. The number of nitrogens with zero attached hydrogens (tertiary/aromatic N) is 1. The van der Waals surface area contributed by atoms with Crippen molar-refractivity contribution in [3.63, 3.8) is 0 Å². The van der Waals surface area contributed by atoms with E-state index in [9.17, 15) is 4.79 Å². The van der Waals surface area contributed by atoms with E-state index in [0.717, 1.165) is 22.4 Å². The van der Waals surface area contributed by atoms with E-state index in [-0.39, 0.29) is 5.91 Å². The van der Waals surface area contributed by atoms with Crippen LogP contribution in [-0.2, 0) is 0 Å². The first-order chi connectivity index (χ1) is 15.0. The van der Waals surface area contributed by atoms with Gasteiger partial charge in [-0.25, -0.2) is 0 Å². The Morgan fingerprint density at radius 2 is 1.52 bits per heavy atom. The predicted octanol–water partition coefficient (Wildman–Crippen LogP) is 5.14. The van der Waals surface area contributed by atoms with Crippen LogP contribution in [0.5, 0.6) is 17.2 Å². The zero-order chi connectivity index (χ0) is 22.4. The Morgan fingerprint density at radius 1 is 0.935 bits per heavy atom. The number of rotatable bonds is 9. The fourth-order valence-electron chi connectivity index (χ4n) is 3.29. The number of H-pyrrole nitrogens is 1. The number of nitrogens with one attached hydrogen (secondary N) is 2. The third kappa shape index (κ3) is 4.99. The van der Waals surface area contributed by atoms with E-state index in [4.69, 9.17) is 14.2 Å². The molecule has 1 amide bonds. The fourth-order valence-corrected chi connectivity index (χ4v) is 3.29. The number of benzene rings is 2. The molecule has 0 saturated heterocycles. The summed E-state index contributed by atoms with van der Waals surface area (Å²) in [5.74, 6) is 1.59. The predicted molar refractivity (Wildman–Crippen MR) is 121 cm³/mol. The average molecular weight is 424 g/mol. The van der Waals surface area contributed by atoms with Gasteiger partial charge in [-0.05, 0) is 52.3 Å². The number of hydrogen-bond acceptors (Lipinski definition) is 5. The second-order valence-electron chi connectivity index (χ2n) is 6.99. The number of aromatic nitrogens is 2. The monoisotopic (exact) mass is 423 g/mol. The lowest BCUT2D eigenvalue weighted by atomic mass is 10.0. The number of hydrogen-bond donors (Lipinski definition) is 2. The van der Waals surface area contributed by atoms with Crippen LogP contribution in [0.3, 0.4) is 0 Å². The van der Waals surface area contributed by atoms with Gasteiger partial charge in [0.15, 0.2) is 17.3 Å². The maximum atomic E-state index is 13.1. The highest BCUT2D eigenvalue weighted by atomic mass is 16.5. The van der Waals surface area contributed by atoms with Gasteiger partial charge < -0.3 is 19.5 Å². The van der Waals surface area contributed by atoms with Crippen molar-refractivity contribution < 1.29 is 19.0 Å². The molecule has 1 heterocycles. The number of carbonyl (C=O) groups is 1. The van der Waals surface area contributed by atoms with Crippen molar-refractivity contribution in [1.82, 2.24) is 10.2 Å². The molecular weight excluding hydrogens is 394 g/mol. The second-order valence-corrected chi connectivity index (χ2v) is 6.99. The summed E-state index contributed by atoms with van der Waals surface area (Å²) in [5, 5.41) is 10.2. The molecule has 164 valence electrons. The van der Waals surface area contributed by atoms with E-state index < -0.39 is 0 Å². The summed E-state index contributed by atoms with van der Waals surface area (Å²) in [5.41, 5.74) is 4.26. The topological polar surface area (TPSA) is 85.5 Å². The lowest BCUT2D eigenvalue weighted by molar-refractivity contribution is 0.102. The van der Waals surface area contributed by atoms with Gasteiger partial charge in [0.2, 0.25) is 5.75 Å². The zero-order valence-electron chi connectivity index (χ0n) is 18.7. The van der Waals surface area contributed by atoms with E-state index in [2.05, 4.69) is 15.5 Å². The second kappa shape index (κ2) is 10.0. The third-order valence-corrected chi connectivity index (χ3v) is 4.69. The Morgan fingerprint density at radius 3 is 2.06 bits per heavy atom. The number of aryl methyl sites for hydroxylation is 2. The molecule has 1 aromatic heterocycles. The van der Waals surface area contributed by atoms with E-state index in [1.54, 1.807) is 12.1 Å². The highest BCUT2D eigenvalue weighted by Gasteiger charge is 2.21. The van der Waals surface area contributed by atoms with Gasteiger partial charge in [0.1, 0.15) is 0 Å². The summed E-state index contributed by atoms with van der Waals surface area (Å²) < 4.78 is 17.2. The number of carbonyl (C=O) groups excluding carboxylic acids is 1. The SMILES string of the molecule is CCOc1cc(C(=O)Nc2n[nH]c(C)c2-c2ccc(C)cc2)cc(OCC)c1OCC. The van der Waals surface area contributed by atoms with Crippen molar-refractivity contribution in [2.45, 2.75) is 34.6 Å². The first-order valence-corrected chi connectivity index (χ1v) is 10.5. The minimum absolute atomic E-state index is 0.315. The molecule has 0 aliphatic heterocycles. The fraction of sp³-hybridized carbons (Fsp3) is 0.333. The third-order valence-electron chi connectivity index (χ3n) is 4.69. The molecule has 7 nitrogen and oxygen atoms in total. The van der Waals surface area contributed by atoms with Crippen molar-refractivity contribution in [3.05, 3.63) is 53.2 Å². The number of ether oxygens (including phenoxy) is 3. The quantitative estimate of drug-likeness (QED) is 0.498. The molecule has 0 spiro atoms. The van der Waals surface area contributed by atoms with Gasteiger partial charge in [0.05, 0.1) is 19.8 Å². The number of aromatic amines is 1. The van der Waals surface area contributed by atoms with Crippen LogP contribution in [0.4, 0.5) is 5.82 Å². The number of amides is 1. The van der Waals surface area contributed by atoms with Crippen LogP contribution in [0.2, 0.25) is 0 Å². The maximum absolute atomic E-state index is 13.1. The van der Waals surface area contributed by atoms with Crippen LogP contribution in [0, 0.1) is 13.8 Å². The molecule has 7 heteroatoms. The standard InChI is InChI=1S/C24H29N3O4/c1-6-29-19-13-18(14-20(30-7-2)22(19)31-8-3)24(28)25-23-21(16(5)26-27-23)17-11-9-15(4)10-12-17/h9-14H,6-8H2,1-5H3,(H2,25,26,27,28). The molecule has 0 unspecified atom stereocenters. The molecule has 0 aliphatic rings. The van der Waals surface area contributed by atoms with Gasteiger partial charge in [-0.15, -0.1) is 0 Å². The molecule has 31 heavy (non-hydrogen) atoms. The summed E-state index contributed by atoms with van der Waals surface area (Å²) in [6.07, 6.45) is 0. The molecule has 0 saturated carbocycles. The summed E-state index contributed by atoms with van der Waals surface area (Å²) in [7, 11) is 0. The van der Waals surface area contributed by atoms with Crippen LogP contribution >= 0.6 is 0 Å². The molecule has 0 fully saturated rings. The van der Waals surface area contributed by atoms with Crippen LogP contribution < -0.4 is 19.5 Å². The zero-order valence-corrected chi connectivity index (χ0v) is 18.7. The van der Waals surface area contributed by atoms with Gasteiger partial charge >= 0.3 is 0 Å². The summed E-state index contributed by atoms with van der Waals surface area (Å²) in [6, 6.07) is 11.4. The van der Waals surface area contributed by atoms with E-state index in [0.29, 0.717) is 48.5 Å². The largest absolute Gasteiger partial charge is 0.490 e. The molecule has 0 atom stereocenters. The van der Waals surface area contributed by atoms with Crippen molar-refractivity contribution in [3.8, 4) is 28.4 Å². The van der Waals surface area contributed by atoms with E-state index >= 15 is 0 Å². The van der Waals surface area contributed by atoms with Crippen LogP contribution in [0.1, 0.15) is 42.4 Å². The molecule has 3 aromatic rings. The van der Waals surface area contributed by atoms with Crippen LogP contribution in [-0.4, -0.2) is 35.9 Å². The summed E-state index contributed by atoms with van der Waals surface area (Å²) in [4.78, 5) is 13.1.